The largest absolute Gasteiger partial charge is 0.456 e. The maximum atomic E-state index is 6.29. The number of nitrogens with zero attached hydrogens (tertiary/aromatic N) is 3. The number of benzene rings is 9. The van der Waals surface area contributed by atoms with Gasteiger partial charge in [0.2, 0.25) is 5.95 Å². The molecule has 12 aromatic rings. The van der Waals surface area contributed by atoms with E-state index in [1.54, 1.807) is 0 Å². The zero-order chi connectivity index (χ0) is 35.3. The Morgan fingerprint density at radius 1 is 0.389 bits per heavy atom. The topological polar surface area (TPSA) is 43.9 Å². The number of furan rings is 1. The van der Waals surface area contributed by atoms with Crippen LogP contribution in [-0.4, -0.2) is 14.5 Å². The van der Waals surface area contributed by atoms with Gasteiger partial charge in [-0.2, -0.15) is 0 Å². The van der Waals surface area contributed by atoms with Crippen LogP contribution < -0.4 is 0 Å². The van der Waals surface area contributed by atoms with Gasteiger partial charge in [0.15, 0.2) is 0 Å². The van der Waals surface area contributed by atoms with Gasteiger partial charge in [0.05, 0.1) is 22.2 Å². The van der Waals surface area contributed by atoms with Crippen LogP contribution in [0, 0.1) is 0 Å². The third-order valence-corrected chi connectivity index (χ3v) is 11.2. The van der Waals surface area contributed by atoms with Crippen LogP contribution in [0.3, 0.4) is 0 Å². The molecule has 0 spiro atoms. The maximum absolute atomic E-state index is 6.29. The number of aromatic nitrogens is 3. The molecule has 0 unspecified atom stereocenters. The highest BCUT2D eigenvalue weighted by Gasteiger charge is 2.20. The minimum Gasteiger partial charge on any atom is -0.456 e. The second-order valence-electron chi connectivity index (χ2n) is 14.1. The molecule has 0 aliphatic carbocycles. The van der Waals surface area contributed by atoms with Crippen LogP contribution in [0.15, 0.2) is 180 Å². The van der Waals surface area contributed by atoms with Crippen LogP contribution in [0.1, 0.15) is 0 Å². The normalized spacial score (nSPS) is 12.1. The molecule has 12 rings (SSSR count). The third kappa shape index (κ3) is 4.19. The van der Waals surface area contributed by atoms with E-state index in [4.69, 9.17) is 14.4 Å². The van der Waals surface area contributed by atoms with Gasteiger partial charge in [-0.25, -0.2) is 9.97 Å². The van der Waals surface area contributed by atoms with Gasteiger partial charge < -0.3 is 4.42 Å². The molecule has 0 saturated carbocycles. The molecule has 4 heteroatoms. The molecule has 54 heavy (non-hydrogen) atoms. The summed E-state index contributed by atoms with van der Waals surface area (Å²) in [4.78, 5) is 10.9. The summed E-state index contributed by atoms with van der Waals surface area (Å²) in [6.07, 6.45) is 0. The Kier molecular flexibility index (Phi) is 6.02. The molecule has 0 radical (unpaired) electrons. The molecule has 9 aromatic carbocycles. The van der Waals surface area contributed by atoms with Crippen LogP contribution in [0.2, 0.25) is 0 Å². The molecule has 0 bridgehead atoms. The zero-order valence-electron chi connectivity index (χ0n) is 29.0. The molecule has 4 nitrogen and oxygen atoms in total. The summed E-state index contributed by atoms with van der Waals surface area (Å²) in [5.74, 6) is 0.646. The Balaban J connectivity index is 1.13. The Morgan fingerprint density at radius 3 is 1.94 bits per heavy atom. The van der Waals surface area contributed by atoms with E-state index < -0.39 is 0 Å². The Labute approximate surface area is 309 Å². The van der Waals surface area contributed by atoms with Gasteiger partial charge in [-0.05, 0) is 74.5 Å². The molecular formula is C50H29N3O. The molecule has 0 aliphatic rings. The average molecular weight is 688 g/mol. The van der Waals surface area contributed by atoms with Crippen molar-refractivity contribution in [1.29, 1.82) is 0 Å². The summed E-state index contributed by atoms with van der Waals surface area (Å²) in [5.41, 5.74) is 9.20. The number of hydrogen-bond donors (Lipinski definition) is 0. The number of fused-ring (bicyclic) bond motifs is 12. The van der Waals surface area contributed by atoms with Crippen molar-refractivity contribution in [1.82, 2.24) is 14.5 Å². The van der Waals surface area contributed by atoms with Crippen molar-refractivity contribution >= 4 is 87.0 Å². The third-order valence-electron chi connectivity index (χ3n) is 11.2. The Hall–Kier alpha value is -7.30. The monoisotopic (exact) mass is 687 g/mol. The minimum absolute atomic E-state index is 0.646. The predicted octanol–water partition coefficient (Wildman–Crippen LogP) is 13.4. The Morgan fingerprint density at radius 2 is 1.07 bits per heavy atom. The van der Waals surface area contributed by atoms with E-state index in [0.717, 1.165) is 82.1 Å². The van der Waals surface area contributed by atoms with Gasteiger partial charge in [-0.1, -0.05) is 140 Å². The van der Waals surface area contributed by atoms with Gasteiger partial charge in [0.25, 0.3) is 0 Å². The minimum atomic E-state index is 0.646. The average Bonchev–Trinajstić information content (AvgIpc) is 3.78. The highest BCUT2D eigenvalue weighted by Crippen LogP contribution is 2.41. The molecule has 0 N–H and O–H groups in total. The van der Waals surface area contributed by atoms with E-state index in [0.29, 0.717) is 5.95 Å². The summed E-state index contributed by atoms with van der Waals surface area (Å²) in [7, 11) is 0. The summed E-state index contributed by atoms with van der Waals surface area (Å²) in [6, 6.07) is 62.6. The molecule has 0 atom stereocenters. The molecule has 0 amide bonds. The molecule has 250 valence electrons. The van der Waals surface area contributed by atoms with Crippen molar-refractivity contribution in [2.24, 2.45) is 0 Å². The fraction of sp³-hybridized carbons (Fsp3) is 0. The van der Waals surface area contributed by atoms with Crippen molar-refractivity contribution in [3.63, 3.8) is 0 Å². The van der Waals surface area contributed by atoms with Gasteiger partial charge in [-0.15, -0.1) is 0 Å². The summed E-state index contributed by atoms with van der Waals surface area (Å²) < 4.78 is 8.54. The van der Waals surface area contributed by atoms with Gasteiger partial charge in [-0.3, -0.25) is 4.57 Å². The Bertz CT molecular complexity index is 3490. The fourth-order valence-electron chi connectivity index (χ4n) is 8.68. The maximum Gasteiger partial charge on any atom is 0.235 e. The first kappa shape index (κ1) is 29.3. The van der Waals surface area contributed by atoms with Crippen LogP contribution in [0.25, 0.3) is 115 Å². The van der Waals surface area contributed by atoms with E-state index in [1.165, 1.54) is 27.3 Å². The van der Waals surface area contributed by atoms with Crippen LogP contribution in [-0.2, 0) is 0 Å². The van der Waals surface area contributed by atoms with Crippen molar-refractivity contribution in [2.75, 3.05) is 0 Å². The predicted molar refractivity (Wildman–Crippen MR) is 225 cm³/mol. The molecule has 0 saturated heterocycles. The highest BCUT2D eigenvalue weighted by molar-refractivity contribution is 6.23. The lowest BCUT2D eigenvalue weighted by atomic mass is 9.96. The first-order chi connectivity index (χ1) is 26.8. The quantitative estimate of drug-likeness (QED) is 0.174. The van der Waals surface area contributed by atoms with Crippen molar-refractivity contribution in [3.05, 3.63) is 176 Å². The molecule has 0 fully saturated rings. The van der Waals surface area contributed by atoms with E-state index in [2.05, 4.69) is 168 Å². The summed E-state index contributed by atoms with van der Waals surface area (Å²) in [5, 5.41) is 12.6. The first-order valence-electron chi connectivity index (χ1n) is 18.3. The first-order valence-corrected chi connectivity index (χ1v) is 18.3. The number of rotatable bonds is 3. The van der Waals surface area contributed by atoms with Crippen LogP contribution in [0.4, 0.5) is 0 Å². The summed E-state index contributed by atoms with van der Waals surface area (Å²) >= 11 is 0. The molecule has 0 aliphatic heterocycles. The van der Waals surface area contributed by atoms with Gasteiger partial charge in [0.1, 0.15) is 11.2 Å². The lowest BCUT2D eigenvalue weighted by Crippen LogP contribution is -2.04. The lowest BCUT2D eigenvalue weighted by molar-refractivity contribution is 0.669. The molecular weight excluding hydrogens is 659 g/mol. The SMILES string of the molecule is c1ccc2c(-c3ccc(-c4nc(-n5c6ccccc6c6cc7c(ccc8oc9ccccc9c87)cc65)nc5c4ccc4ccccc45)cc3)cccc2c1. The number of para-hydroxylation sites is 2. The van der Waals surface area contributed by atoms with E-state index >= 15 is 0 Å². The van der Waals surface area contributed by atoms with Crippen molar-refractivity contribution in [2.45, 2.75) is 0 Å². The van der Waals surface area contributed by atoms with Crippen LogP contribution >= 0.6 is 0 Å². The zero-order valence-corrected chi connectivity index (χ0v) is 29.0. The van der Waals surface area contributed by atoms with Crippen molar-refractivity contribution in [3.8, 4) is 28.3 Å². The molecule has 3 aromatic heterocycles. The lowest BCUT2D eigenvalue weighted by Gasteiger charge is -2.14. The highest BCUT2D eigenvalue weighted by atomic mass is 16.3. The van der Waals surface area contributed by atoms with E-state index in [-0.39, 0.29) is 0 Å². The fourth-order valence-corrected chi connectivity index (χ4v) is 8.68. The second-order valence-corrected chi connectivity index (χ2v) is 14.1. The van der Waals surface area contributed by atoms with Crippen LogP contribution in [0.5, 0.6) is 0 Å². The van der Waals surface area contributed by atoms with Gasteiger partial charge >= 0.3 is 0 Å². The molecule has 3 heterocycles. The van der Waals surface area contributed by atoms with E-state index in [9.17, 15) is 0 Å². The smallest absolute Gasteiger partial charge is 0.235 e. The second kappa shape index (κ2) is 11.1. The standard InChI is InChI=1S/C50H29N3O/c1-3-13-35-30(10-1)12-9-17-36(35)32-20-22-33(23-21-32)48-40-26-24-31-11-2-4-14-37(31)49(40)52-50(51-48)53-43-18-7-5-15-38(43)42-29-41-34(28-44(42)53)25-27-46-47(41)39-16-6-8-19-45(39)54-46/h1-29H. The van der Waals surface area contributed by atoms with E-state index in [1.807, 2.05) is 12.1 Å². The summed E-state index contributed by atoms with van der Waals surface area (Å²) in [6.45, 7) is 0. The van der Waals surface area contributed by atoms with Gasteiger partial charge in [0, 0.05) is 37.9 Å². The number of hydrogen-bond acceptors (Lipinski definition) is 3. The van der Waals surface area contributed by atoms with Crippen molar-refractivity contribution < 1.29 is 4.42 Å².